The Bertz CT molecular complexity index is 810. The zero-order chi connectivity index (χ0) is 20.6. The van der Waals surface area contributed by atoms with Gasteiger partial charge in [0.1, 0.15) is 11.5 Å². The molecule has 27 heavy (non-hydrogen) atoms. The Hall–Kier alpha value is -2.15. The van der Waals surface area contributed by atoms with Gasteiger partial charge in [-0.3, -0.25) is 0 Å². The van der Waals surface area contributed by atoms with Gasteiger partial charge in [-0.15, -0.1) is 0 Å². The fraction of sp³-hybridized carbons (Fsp3) is 0.222. The van der Waals surface area contributed by atoms with Gasteiger partial charge in [-0.1, -0.05) is 34.8 Å². The first-order chi connectivity index (χ1) is 12.6. The molecule has 2 rings (SSSR count). The molecule has 9 heteroatoms. The van der Waals surface area contributed by atoms with E-state index in [9.17, 15) is 9.59 Å². The Morgan fingerprint density at radius 2 is 1.56 bits per heavy atom. The third-order valence-electron chi connectivity index (χ3n) is 3.03. The largest absolute Gasteiger partial charge is 0.480 e. The van der Waals surface area contributed by atoms with Crippen LogP contribution in [0.25, 0.3) is 0 Å². The lowest BCUT2D eigenvalue weighted by Gasteiger charge is -2.12. The third kappa shape index (κ3) is 8.39. The molecule has 0 saturated carbocycles. The van der Waals surface area contributed by atoms with Crippen LogP contribution in [-0.4, -0.2) is 34.9 Å². The van der Waals surface area contributed by atoms with E-state index in [2.05, 4.69) is 0 Å². The number of carboxylic acids is 2. The zero-order valence-corrected chi connectivity index (χ0v) is 16.7. The van der Waals surface area contributed by atoms with Crippen molar-refractivity contribution in [1.82, 2.24) is 0 Å². The number of halogens is 3. The molecule has 0 aliphatic heterocycles. The highest BCUT2D eigenvalue weighted by Crippen LogP contribution is 2.27. The number of ether oxygens (including phenoxy) is 2. The molecule has 2 aromatic carbocycles. The predicted molar refractivity (Wildman–Crippen MR) is 104 cm³/mol. The third-order valence-corrected chi connectivity index (χ3v) is 3.80. The summed E-state index contributed by atoms with van der Waals surface area (Å²) in [5, 5.41) is 18.4. The van der Waals surface area contributed by atoms with E-state index in [1.54, 1.807) is 24.3 Å². The molecule has 0 bridgehead atoms. The maximum atomic E-state index is 10.5. The first kappa shape index (κ1) is 22.9. The van der Waals surface area contributed by atoms with Gasteiger partial charge in [0, 0.05) is 10.0 Å². The summed E-state index contributed by atoms with van der Waals surface area (Å²) < 4.78 is 10.1. The summed E-state index contributed by atoms with van der Waals surface area (Å²) in [4.78, 5) is 20.7. The molecule has 0 aliphatic rings. The molecule has 0 aromatic heterocycles. The number of hydrogen-bond acceptors (Lipinski definition) is 4. The maximum absolute atomic E-state index is 10.5. The van der Waals surface area contributed by atoms with Crippen molar-refractivity contribution < 1.29 is 29.3 Å². The molecule has 146 valence electrons. The van der Waals surface area contributed by atoms with E-state index < -0.39 is 24.6 Å². The highest BCUT2D eigenvalue weighted by atomic mass is 35.5. The second-order valence-corrected chi connectivity index (χ2v) is 6.55. The van der Waals surface area contributed by atoms with Gasteiger partial charge in [-0.05, 0) is 55.8 Å². The van der Waals surface area contributed by atoms with Gasteiger partial charge in [0.05, 0.1) is 5.02 Å². The number of aliphatic carboxylic acids is 2. The Balaban J connectivity index is 0.000000271. The molecular weight excluding hydrogens is 419 g/mol. The van der Waals surface area contributed by atoms with Crippen LogP contribution in [0, 0.1) is 6.92 Å². The molecule has 0 amide bonds. The minimum Gasteiger partial charge on any atom is -0.480 e. The molecule has 0 saturated heterocycles. The van der Waals surface area contributed by atoms with Gasteiger partial charge in [0.15, 0.2) is 12.7 Å². The van der Waals surface area contributed by atoms with E-state index in [1.807, 2.05) is 6.92 Å². The average molecular weight is 436 g/mol. The highest BCUT2D eigenvalue weighted by Gasteiger charge is 2.13. The van der Waals surface area contributed by atoms with Crippen LogP contribution in [0.15, 0.2) is 36.4 Å². The lowest BCUT2D eigenvalue weighted by Crippen LogP contribution is -2.23. The molecule has 0 fully saturated rings. The van der Waals surface area contributed by atoms with Crippen LogP contribution in [0.1, 0.15) is 12.5 Å². The summed E-state index contributed by atoms with van der Waals surface area (Å²) in [6, 6.07) is 9.64. The van der Waals surface area contributed by atoms with Gasteiger partial charge in [0.2, 0.25) is 0 Å². The first-order valence-corrected chi connectivity index (χ1v) is 8.68. The summed E-state index contributed by atoms with van der Waals surface area (Å²) in [5.74, 6) is -1.18. The molecule has 1 unspecified atom stereocenters. The van der Waals surface area contributed by atoms with Gasteiger partial charge in [-0.25, -0.2) is 9.59 Å². The summed E-state index contributed by atoms with van der Waals surface area (Å²) in [6.07, 6.45) is -0.852. The van der Waals surface area contributed by atoms with Gasteiger partial charge in [-0.2, -0.15) is 0 Å². The van der Waals surface area contributed by atoms with E-state index in [4.69, 9.17) is 54.5 Å². The lowest BCUT2D eigenvalue weighted by atomic mass is 10.2. The average Bonchev–Trinajstić information content (AvgIpc) is 2.57. The summed E-state index contributed by atoms with van der Waals surface area (Å²) in [5.41, 5.74) is 0.825. The van der Waals surface area contributed by atoms with Crippen molar-refractivity contribution in [2.45, 2.75) is 20.0 Å². The molecule has 6 nitrogen and oxygen atoms in total. The van der Waals surface area contributed by atoms with E-state index in [0.29, 0.717) is 26.6 Å². The monoisotopic (exact) mass is 434 g/mol. The lowest BCUT2D eigenvalue weighted by molar-refractivity contribution is -0.144. The number of hydrogen-bond donors (Lipinski definition) is 2. The van der Waals surface area contributed by atoms with Crippen LogP contribution in [0.2, 0.25) is 15.1 Å². The van der Waals surface area contributed by atoms with Crippen LogP contribution in [-0.2, 0) is 9.59 Å². The molecule has 0 aliphatic carbocycles. The Kier molecular flexibility index (Phi) is 9.21. The SMILES string of the molecule is Cc1cc(Cl)ccc1OC(C)C(=O)O.O=C(O)COc1ccc(Cl)cc1Cl. The highest BCUT2D eigenvalue weighted by molar-refractivity contribution is 6.35. The van der Waals surface area contributed by atoms with Crippen LogP contribution < -0.4 is 9.47 Å². The first-order valence-electron chi connectivity index (χ1n) is 7.55. The predicted octanol–water partition coefficient (Wildman–Crippen LogP) is 4.96. The normalized spacial score (nSPS) is 11.0. The smallest absolute Gasteiger partial charge is 0.344 e. The van der Waals surface area contributed by atoms with E-state index in [1.165, 1.54) is 19.1 Å². The van der Waals surface area contributed by atoms with Crippen LogP contribution in [0.4, 0.5) is 0 Å². The molecule has 1 atom stereocenters. The van der Waals surface area contributed by atoms with Crippen molar-refractivity contribution in [2.24, 2.45) is 0 Å². The van der Waals surface area contributed by atoms with Crippen molar-refractivity contribution >= 4 is 46.7 Å². The summed E-state index contributed by atoms with van der Waals surface area (Å²) in [6.45, 7) is 2.88. The zero-order valence-electron chi connectivity index (χ0n) is 14.4. The van der Waals surface area contributed by atoms with Crippen molar-refractivity contribution in [3.8, 4) is 11.5 Å². The van der Waals surface area contributed by atoms with Gasteiger partial charge < -0.3 is 19.7 Å². The van der Waals surface area contributed by atoms with Gasteiger partial charge >= 0.3 is 11.9 Å². The van der Waals surface area contributed by atoms with Crippen molar-refractivity contribution in [1.29, 1.82) is 0 Å². The summed E-state index contributed by atoms with van der Waals surface area (Å²) >= 11 is 17.1. The second-order valence-electron chi connectivity index (χ2n) is 5.27. The Labute approximate surface area is 171 Å². The Morgan fingerprint density at radius 3 is 2.04 bits per heavy atom. The standard InChI is InChI=1S/C10H11ClO3.C8H6Cl2O3/c1-6-5-8(11)3-4-9(6)14-7(2)10(12)13;9-5-1-2-7(6(10)3-5)13-4-8(11)12/h3-5,7H,1-2H3,(H,12,13);1-3H,4H2,(H,11,12). The number of aryl methyl sites for hydroxylation is 1. The topological polar surface area (TPSA) is 93.1 Å². The molecular formula is C18H17Cl3O6. The Morgan fingerprint density at radius 1 is 1.00 bits per heavy atom. The molecule has 0 radical (unpaired) electrons. The van der Waals surface area contributed by atoms with Crippen molar-refractivity contribution in [3.05, 3.63) is 57.0 Å². The molecule has 2 aromatic rings. The van der Waals surface area contributed by atoms with Crippen LogP contribution in [0.5, 0.6) is 11.5 Å². The second kappa shape index (κ2) is 10.9. The minimum absolute atomic E-state index is 0.300. The molecule has 0 heterocycles. The number of benzene rings is 2. The minimum atomic E-state index is -1.05. The molecule has 2 N–H and O–H groups in total. The fourth-order valence-corrected chi connectivity index (χ4v) is 2.41. The van der Waals surface area contributed by atoms with Crippen LogP contribution >= 0.6 is 34.8 Å². The van der Waals surface area contributed by atoms with E-state index in [-0.39, 0.29) is 0 Å². The molecule has 0 spiro atoms. The van der Waals surface area contributed by atoms with E-state index in [0.717, 1.165) is 5.56 Å². The number of carbonyl (C=O) groups is 2. The van der Waals surface area contributed by atoms with Crippen molar-refractivity contribution in [2.75, 3.05) is 6.61 Å². The fourth-order valence-electron chi connectivity index (χ4n) is 1.72. The van der Waals surface area contributed by atoms with Crippen LogP contribution in [0.3, 0.4) is 0 Å². The quantitative estimate of drug-likeness (QED) is 0.666. The number of carboxylic acid groups (broad SMARTS) is 2. The van der Waals surface area contributed by atoms with E-state index >= 15 is 0 Å². The maximum Gasteiger partial charge on any atom is 0.344 e. The van der Waals surface area contributed by atoms with Crippen molar-refractivity contribution in [3.63, 3.8) is 0 Å². The summed E-state index contributed by atoms with van der Waals surface area (Å²) in [7, 11) is 0. The van der Waals surface area contributed by atoms with Gasteiger partial charge in [0.25, 0.3) is 0 Å². The number of rotatable bonds is 6.